The van der Waals surface area contributed by atoms with Crippen molar-refractivity contribution < 1.29 is 24.2 Å². The topological polar surface area (TPSA) is 100 Å². The normalized spacial score (nSPS) is 20.0. The summed E-state index contributed by atoms with van der Waals surface area (Å²) in [7, 11) is 2.14. The fourth-order valence-electron chi connectivity index (χ4n) is 6.33. The van der Waals surface area contributed by atoms with Crippen LogP contribution >= 0.6 is 0 Å². The third-order valence-corrected chi connectivity index (χ3v) is 9.41. The van der Waals surface area contributed by atoms with Crippen LogP contribution < -0.4 is 10.6 Å². The molecule has 0 unspecified atom stereocenters. The summed E-state index contributed by atoms with van der Waals surface area (Å²) in [6, 6.07) is 30.9. The van der Waals surface area contributed by atoms with Crippen LogP contribution in [0.15, 0.2) is 91.0 Å². The molecule has 8 heteroatoms. The second kappa shape index (κ2) is 16.8. The van der Waals surface area contributed by atoms with E-state index in [4.69, 9.17) is 9.47 Å². The number of nitrogens with one attached hydrogen (secondary N) is 2. The molecule has 0 saturated carbocycles. The third kappa shape index (κ3) is 9.29. The van der Waals surface area contributed by atoms with Gasteiger partial charge < -0.3 is 25.2 Å². The standard InChI is InChI=1S/C40H49N3O5/c1-27-37(25-43(4)28(2)33-21-20-31-11-7-8-12-34(31)23-33)47-40(48-39(27)32-18-16-30(26-44)17-19-32)35-13-10-14-36(24-35)42-38(46)15-6-5-9-22-41-29(3)45/h7-8,10-14,16-21,23-24,27-28,37,39-40,44H,5-6,9,15,22,25-26H2,1-4H3,(H,41,45)(H,42,46)/t27-,28-,37+,39+,40+/m1/s1. The number of hydrogen-bond donors (Lipinski definition) is 3. The van der Waals surface area contributed by atoms with Crippen molar-refractivity contribution in [3.8, 4) is 0 Å². The van der Waals surface area contributed by atoms with Crippen molar-refractivity contribution in [2.45, 2.75) is 77.6 Å². The Hall–Kier alpha value is -4.08. The van der Waals surface area contributed by atoms with E-state index in [1.54, 1.807) is 0 Å². The lowest BCUT2D eigenvalue weighted by Crippen LogP contribution is -2.44. The van der Waals surface area contributed by atoms with Gasteiger partial charge in [0.2, 0.25) is 11.8 Å². The van der Waals surface area contributed by atoms with Gasteiger partial charge >= 0.3 is 0 Å². The van der Waals surface area contributed by atoms with Crippen LogP contribution in [-0.4, -0.2) is 48.1 Å². The zero-order valence-corrected chi connectivity index (χ0v) is 28.5. The lowest BCUT2D eigenvalue weighted by Gasteiger charge is -2.43. The van der Waals surface area contributed by atoms with Crippen LogP contribution in [0.5, 0.6) is 0 Å². The molecule has 8 nitrogen and oxygen atoms in total. The Balaban J connectivity index is 1.30. The zero-order chi connectivity index (χ0) is 34.0. The van der Waals surface area contributed by atoms with E-state index >= 15 is 0 Å². The predicted octanol–water partition coefficient (Wildman–Crippen LogP) is 7.45. The Bertz CT molecular complexity index is 1660. The molecule has 5 atom stereocenters. The average molecular weight is 652 g/mol. The third-order valence-electron chi connectivity index (χ3n) is 9.41. The zero-order valence-electron chi connectivity index (χ0n) is 28.5. The summed E-state index contributed by atoms with van der Waals surface area (Å²) in [6.45, 7) is 7.22. The van der Waals surface area contributed by atoms with Crippen LogP contribution in [0.3, 0.4) is 0 Å². The predicted molar refractivity (Wildman–Crippen MR) is 190 cm³/mol. The van der Waals surface area contributed by atoms with Crippen molar-refractivity contribution >= 4 is 28.3 Å². The van der Waals surface area contributed by atoms with Crippen molar-refractivity contribution in [3.63, 3.8) is 0 Å². The maximum atomic E-state index is 12.7. The second-order valence-corrected chi connectivity index (χ2v) is 13.0. The smallest absolute Gasteiger partial charge is 0.224 e. The first-order valence-corrected chi connectivity index (χ1v) is 17.1. The molecule has 0 radical (unpaired) electrons. The monoisotopic (exact) mass is 651 g/mol. The summed E-state index contributed by atoms with van der Waals surface area (Å²) < 4.78 is 13.4. The Labute approximate surface area is 284 Å². The van der Waals surface area contributed by atoms with E-state index in [2.05, 4.69) is 78.9 Å². The van der Waals surface area contributed by atoms with Crippen molar-refractivity contribution in [3.05, 3.63) is 113 Å². The van der Waals surface area contributed by atoms with E-state index < -0.39 is 6.29 Å². The van der Waals surface area contributed by atoms with E-state index in [1.807, 2.05) is 48.5 Å². The quantitative estimate of drug-likeness (QED) is 0.123. The molecule has 48 heavy (non-hydrogen) atoms. The fourth-order valence-corrected chi connectivity index (χ4v) is 6.33. The molecule has 0 spiro atoms. The number of rotatable bonds is 14. The number of carbonyl (C=O) groups is 2. The number of amides is 2. The molecule has 2 amide bonds. The number of unbranched alkanes of at least 4 members (excludes halogenated alkanes) is 2. The number of benzene rings is 4. The molecule has 3 N–H and O–H groups in total. The Morgan fingerprint density at radius 2 is 1.65 bits per heavy atom. The summed E-state index contributed by atoms with van der Waals surface area (Å²) in [5.41, 5.74) is 4.67. The molecular weight excluding hydrogens is 602 g/mol. The van der Waals surface area contributed by atoms with Crippen molar-refractivity contribution in [1.82, 2.24) is 10.2 Å². The van der Waals surface area contributed by atoms with E-state index in [9.17, 15) is 14.7 Å². The number of likely N-dealkylation sites (N-methyl/N-ethyl adjacent to an activating group) is 1. The highest BCUT2D eigenvalue weighted by molar-refractivity contribution is 5.90. The molecule has 4 aromatic rings. The minimum Gasteiger partial charge on any atom is -0.392 e. The maximum Gasteiger partial charge on any atom is 0.224 e. The van der Waals surface area contributed by atoms with Crippen LogP contribution in [0.4, 0.5) is 5.69 Å². The van der Waals surface area contributed by atoms with Gasteiger partial charge in [-0.25, -0.2) is 0 Å². The number of aliphatic hydroxyl groups excluding tert-OH is 1. The Morgan fingerprint density at radius 3 is 2.40 bits per heavy atom. The van der Waals surface area contributed by atoms with Gasteiger partial charge in [-0.15, -0.1) is 0 Å². The molecule has 0 aromatic heterocycles. The number of anilines is 1. The highest BCUT2D eigenvalue weighted by Gasteiger charge is 2.39. The molecule has 1 saturated heterocycles. The minimum absolute atomic E-state index is 0.0112. The van der Waals surface area contributed by atoms with Crippen LogP contribution in [-0.2, 0) is 25.7 Å². The van der Waals surface area contributed by atoms with Crippen LogP contribution in [0.1, 0.15) is 87.1 Å². The van der Waals surface area contributed by atoms with E-state index in [-0.39, 0.29) is 42.6 Å². The minimum atomic E-state index is -0.635. The summed E-state index contributed by atoms with van der Waals surface area (Å²) >= 11 is 0. The first-order chi connectivity index (χ1) is 23.2. The highest BCUT2D eigenvalue weighted by atomic mass is 16.7. The van der Waals surface area contributed by atoms with Crippen molar-refractivity contribution in [2.24, 2.45) is 5.92 Å². The highest BCUT2D eigenvalue weighted by Crippen LogP contribution is 2.42. The summed E-state index contributed by atoms with van der Waals surface area (Å²) in [4.78, 5) is 26.1. The summed E-state index contributed by atoms with van der Waals surface area (Å²) in [6.07, 6.45) is 1.86. The Morgan fingerprint density at radius 1 is 0.875 bits per heavy atom. The average Bonchev–Trinajstić information content (AvgIpc) is 3.10. The molecule has 5 rings (SSSR count). The molecular formula is C40H49N3O5. The molecule has 0 aliphatic carbocycles. The van der Waals surface area contributed by atoms with Crippen LogP contribution in [0.25, 0.3) is 10.8 Å². The van der Waals surface area contributed by atoms with Gasteiger partial charge in [-0.3, -0.25) is 14.5 Å². The van der Waals surface area contributed by atoms with Crippen LogP contribution in [0, 0.1) is 5.92 Å². The number of carbonyl (C=O) groups excluding carboxylic acids is 2. The van der Waals surface area contributed by atoms with Gasteiger partial charge in [0.25, 0.3) is 0 Å². The van der Waals surface area contributed by atoms with Gasteiger partial charge in [0, 0.05) is 49.6 Å². The van der Waals surface area contributed by atoms with E-state index in [1.165, 1.54) is 23.3 Å². The number of ether oxygens (including phenoxy) is 2. The number of nitrogens with zero attached hydrogens (tertiary/aromatic N) is 1. The van der Waals surface area contributed by atoms with Gasteiger partial charge in [0.1, 0.15) is 0 Å². The first-order valence-electron chi connectivity index (χ1n) is 17.1. The molecule has 1 aliphatic heterocycles. The summed E-state index contributed by atoms with van der Waals surface area (Å²) in [5, 5.41) is 17.9. The van der Waals surface area contributed by atoms with E-state index in [0.717, 1.165) is 36.0 Å². The first kappa shape index (κ1) is 35.2. The molecule has 1 aliphatic rings. The number of hydrogen-bond acceptors (Lipinski definition) is 6. The fraction of sp³-hybridized carbons (Fsp3) is 0.400. The molecule has 1 heterocycles. The van der Waals surface area contributed by atoms with Gasteiger partial charge in [0.05, 0.1) is 18.8 Å². The molecule has 254 valence electrons. The maximum absolute atomic E-state index is 12.7. The van der Waals surface area contributed by atoms with Gasteiger partial charge in [-0.1, -0.05) is 86.1 Å². The van der Waals surface area contributed by atoms with E-state index in [0.29, 0.717) is 25.2 Å². The lowest BCUT2D eigenvalue weighted by molar-refractivity contribution is -0.276. The SMILES string of the molecule is CC(=O)NCCCCCC(=O)Nc1cccc([C@H]2O[C@@H](CN(C)[C@H](C)c3ccc4ccccc4c3)[C@@H](C)[C@@H](c3ccc(CO)cc3)O2)c1. The van der Waals surface area contributed by atoms with Crippen molar-refractivity contribution in [1.29, 1.82) is 0 Å². The summed E-state index contributed by atoms with van der Waals surface area (Å²) in [5.74, 6) is -0.0383. The molecule has 1 fully saturated rings. The molecule has 0 bridgehead atoms. The van der Waals surface area contributed by atoms with Gasteiger partial charge in [-0.2, -0.15) is 0 Å². The Kier molecular flexibility index (Phi) is 12.4. The number of aliphatic hydroxyl groups is 1. The van der Waals surface area contributed by atoms with Gasteiger partial charge in [-0.05, 0) is 72.5 Å². The lowest BCUT2D eigenvalue weighted by atomic mass is 9.89. The largest absolute Gasteiger partial charge is 0.392 e. The van der Waals surface area contributed by atoms with Crippen molar-refractivity contribution in [2.75, 3.05) is 25.5 Å². The van der Waals surface area contributed by atoms with Crippen LogP contribution in [0.2, 0.25) is 0 Å². The van der Waals surface area contributed by atoms with Gasteiger partial charge in [0.15, 0.2) is 6.29 Å². The number of fused-ring (bicyclic) bond motifs is 1. The molecule has 4 aromatic carbocycles. The second-order valence-electron chi connectivity index (χ2n) is 13.0.